The molecule has 0 saturated carbocycles. The standard InChI is InChI=1S/C22H21F2N5O4/c1-10-14(30)8-29(10)19-25-16(12-5-6-22(23,24)17(12)26-19)11-3-4-13-15(7-11)33-9-21(13)18(31)28(2)20(32)27-21/h3-4,7,10,14,30H,5-6,8-9H2,1-2H3,(H,27,32)/t10-,14+,21+/m0/s1. The van der Waals surface area contributed by atoms with Gasteiger partial charge in [-0.2, -0.15) is 8.78 Å². The number of β-amino-alcohol motifs (C(OH)–C–C–N with tert-alkyl or cyclic N) is 1. The summed E-state index contributed by atoms with van der Waals surface area (Å²) in [6.45, 7) is 2.01. The Kier molecular flexibility index (Phi) is 3.92. The number of amides is 3. The minimum atomic E-state index is -3.06. The topological polar surface area (TPSA) is 108 Å². The Morgan fingerprint density at radius 1 is 1.27 bits per heavy atom. The van der Waals surface area contributed by atoms with Crippen molar-refractivity contribution in [1.82, 2.24) is 20.2 Å². The lowest BCUT2D eigenvalue weighted by molar-refractivity contribution is -0.131. The number of aromatic nitrogens is 2. The van der Waals surface area contributed by atoms with E-state index in [1.807, 2.05) is 0 Å². The summed E-state index contributed by atoms with van der Waals surface area (Å²) in [6.07, 6.45) is -0.770. The molecule has 9 nitrogen and oxygen atoms in total. The summed E-state index contributed by atoms with van der Waals surface area (Å²) in [5.74, 6) is -2.92. The summed E-state index contributed by atoms with van der Waals surface area (Å²) in [5.41, 5.74) is 0.275. The second kappa shape index (κ2) is 6.37. The highest BCUT2D eigenvalue weighted by Crippen LogP contribution is 2.47. The van der Waals surface area contributed by atoms with Crippen LogP contribution in [0.4, 0.5) is 19.5 Å². The molecule has 2 saturated heterocycles. The first-order valence-corrected chi connectivity index (χ1v) is 10.7. The second-order valence-electron chi connectivity index (χ2n) is 9.06. The largest absolute Gasteiger partial charge is 0.490 e. The number of carbonyl (C=O) groups is 2. The molecule has 11 heteroatoms. The van der Waals surface area contributed by atoms with Crippen LogP contribution in [0.2, 0.25) is 0 Å². The summed E-state index contributed by atoms with van der Waals surface area (Å²) in [4.78, 5) is 36.3. The van der Waals surface area contributed by atoms with E-state index in [0.29, 0.717) is 28.1 Å². The number of ether oxygens (including phenoxy) is 1. The third-order valence-electron chi connectivity index (χ3n) is 7.17. The van der Waals surface area contributed by atoms with Gasteiger partial charge in [-0.15, -0.1) is 0 Å². The van der Waals surface area contributed by atoms with Gasteiger partial charge < -0.3 is 20.1 Å². The van der Waals surface area contributed by atoms with Gasteiger partial charge in [-0.25, -0.2) is 14.8 Å². The van der Waals surface area contributed by atoms with Crippen LogP contribution in [-0.2, 0) is 22.7 Å². The molecule has 1 aromatic heterocycles. The molecular weight excluding hydrogens is 436 g/mol. The molecule has 2 aromatic rings. The molecular formula is C22H21F2N5O4. The molecule has 6 rings (SSSR count). The maximum atomic E-state index is 14.6. The van der Waals surface area contributed by atoms with Gasteiger partial charge in [0.25, 0.3) is 11.8 Å². The van der Waals surface area contributed by atoms with Crippen molar-refractivity contribution in [2.45, 2.75) is 43.4 Å². The lowest BCUT2D eigenvalue weighted by Gasteiger charge is -2.43. The van der Waals surface area contributed by atoms with Crippen LogP contribution in [0.5, 0.6) is 5.75 Å². The summed E-state index contributed by atoms with van der Waals surface area (Å²) in [6, 6.07) is 4.25. The van der Waals surface area contributed by atoms with Crippen molar-refractivity contribution in [3.05, 3.63) is 35.0 Å². The van der Waals surface area contributed by atoms with E-state index in [4.69, 9.17) is 4.74 Å². The molecule has 0 unspecified atom stereocenters. The third-order valence-corrected chi connectivity index (χ3v) is 7.17. The fourth-order valence-corrected chi connectivity index (χ4v) is 5.02. The average molecular weight is 457 g/mol. The number of likely N-dealkylation sites (N-methyl/N-ethyl adjacent to an activating group) is 1. The molecule has 2 N–H and O–H groups in total. The van der Waals surface area contributed by atoms with Crippen LogP contribution in [-0.4, -0.2) is 64.3 Å². The number of rotatable bonds is 2. The lowest BCUT2D eigenvalue weighted by Crippen LogP contribution is -2.59. The smallest absolute Gasteiger partial charge is 0.325 e. The fraction of sp³-hybridized carbons (Fsp3) is 0.455. The summed E-state index contributed by atoms with van der Waals surface area (Å²) < 4.78 is 35.1. The van der Waals surface area contributed by atoms with Crippen LogP contribution < -0.4 is 15.0 Å². The number of alkyl halides is 2. The molecule has 172 valence electrons. The minimum absolute atomic E-state index is 0.0465. The normalized spacial score (nSPS) is 29.1. The van der Waals surface area contributed by atoms with Crippen molar-refractivity contribution in [2.75, 3.05) is 25.1 Å². The highest BCUT2D eigenvalue weighted by atomic mass is 19.3. The number of hydrogen-bond acceptors (Lipinski definition) is 7. The lowest BCUT2D eigenvalue weighted by atomic mass is 9.90. The summed E-state index contributed by atoms with van der Waals surface area (Å²) in [5, 5.41) is 12.6. The Balaban J connectivity index is 1.46. The molecule has 1 aromatic carbocycles. The Morgan fingerprint density at radius 2 is 2.06 bits per heavy atom. The zero-order chi connectivity index (χ0) is 23.3. The van der Waals surface area contributed by atoms with Crippen molar-refractivity contribution in [3.63, 3.8) is 0 Å². The maximum Gasteiger partial charge on any atom is 0.325 e. The van der Waals surface area contributed by atoms with E-state index in [9.17, 15) is 23.5 Å². The van der Waals surface area contributed by atoms with E-state index in [2.05, 4.69) is 15.3 Å². The average Bonchev–Trinajstić information content (AvgIpc) is 3.39. The van der Waals surface area contributed by atoms with E-state index in [1.54, 1.807) is 30.0 Å². The number of halogens is 2. The molecule has 2 fully saturated rings. The summed E-state index contributed by atoms with van der Waals surface area (Å²) in [7, 11) is 1.40. The van der Waals surface area contributed by atoms with Crippen LogP contribution in [0.1, 0.15) is 30.2 Å². The number of fused-ring (bicyclic) bond motifs is 3. The van der Waals surface area contributed by atoms with Gasteiger partial charge in [-0.3, -0.25) is 9.69 Å². The van der Waals surface area contributed by atoms with Crippen LogP contribution in [0.3, 0.4) is 0 Å². The number of nitrogens with zero attached hydrogens (tertiary/aromatic N) is 4. The van der Waals surface area contributed by atoms with Crippen LogP contribution >= 0.6 is 0 Å². The number of urea groups is 1. The molecule has 4 aliphatic rings. The number of aliphatic hydroxyl groups is 1. The van der Waals surface area contributed by atoms with E-state index in [-0.39, 0.29) is 43.7 Å². The SMILES string of the molecule is C[C@H]1[C@H](O)CN1c1nc(-c2ccc3c(c2)OC[C@@]32NC(=O)N(C)C2=O)c2c(n1)C(F)(F)CC2. The van der Waals surface area contributed by atoms with Crippen LogP contribution in [0, 0.1) is 0 Å². The van der Waals surface area contributed by atoms with Gasteiger partial charge in [0.05, 0.1) is 17.8 Å². The molecule has 0 bridgehead atoms. The van der Waals surface area contributed by atoms with Crippen molar-refractivity contribution in [3.8, 4) is 17.0 Å². The molecule has 3 atom stereocenters. The van der Waals surface area contributed by atoms with Crippen molar-refractivity contribution in [1.29, 1.82) is 0 Å². The fourth-order valence-electron chi connectivity index (χ4n) is 5.02. The molecule has 1 spiro atoms. The number of nitrogens with one attached hydrogen (secondary N) is 1. The number of anilines is 1. The van der Waals surface area contributed by atoms with Gasteiger partial charge in [0.2, 0.25) is 5.95 Å². The molecule has 3 amide bonds. The quantitative estimate of drug-likeness (QED) is 0.659. The van der Waals surface area contributed by atoms with Crippen molar-refractivity contribution < 1.29 is 28.2 Å². The van der Waals surface area contributed by atoms with E-state index in [0.717, 1.165) is 4.90 Å². The second-order valence-corrected chi connectivity index (χ2v) is 9.06. The zero-order valence-electron chi connectivity index (χ0n) is 17.9. The highest BCUT2D eigenvalue weighted by molar-refractivity contribution is 6.08. The van der Waals surface area contributed by atoms with E-state index in [1.165, 1.54) is 7.05 Å². The van der Waals surface area contributed by atoms with Gasteiger partial charge >= 0.3 is 6.03 Å². The van der Waals surface area contributed by atoms with Gasteiger partial charge in [-0.05, 0) is 19.4 Å². The van der Waals surface area contributed by atoms with Crippen LogP contribution in [0.15, 0.2) is 18.2 Å². The minimum Gasteiger partial charge on any atom is -0.490 e. The summed E-state index contributed by atoms with van der Waals surface area (Å²) >= 11 is 0. The molecule has 33 heavy (non-hydrogen) atoms. The highest BCUT2D eigenvalue weighted by Gasteiger charge is 2.56. The van der Waals surface area contributed by atoms with Crippen molar-refractivity contribution in [2.24, 2.45) is 0 Å². The first-order chi connectivity index (χ1) is 15.6. The maximum absolute atomic E-state index is 14.6. The molecule has 1 aliphatic carbocycles. The predicted molar refractivity (Wildman–Crippen MR) is 111 cm³/mol. The van der Waals surface area contributed by atoms with Gasteiger partial charge in [0.1, 0.15) is 18.1 Å². The Hall–Kier alpha value is -3.34. The first kappa shape index (κ1) is 20.3. The predicted octanol–water partition coefficient (Wildman–Crippen LogP) is 1.52. The van der Waals surface area contributed by atoms with E-state index >= 15 is 0 Å². The van der Waals surface area contributed by atoms with Crippen LogP contribution in [0.25, 0.3) is 11.3 Å². The van der Waals surface area contributed by atoms with E-state index < -0.39 is 29.5 Å². The Labute approximate surface area is 187 Å². The van der Waals surface area contributed by atoms with Gasteiger partial charge in [0.15, 0.2) is 5.54 Å². The number of aliphatic hydroxyl groups excluding tert-OH is 1. The van der Waals surface area contributed by atoms with Gasteiger partial charge in [-0.1, -0.05) is 12.1 Å². The van der Waals surface area contributed by atoms with Crippen molar-refractivity contribution >= 4 is 17.9 Å². The zero-order valence-corrected chi connectivity index (χ0v) is 17.9. The molecule has 3 aliphatic heterocycles. The Morgan fingerprint density at radius 3 is 2.73 bits per heavy atom. The monoisotopic (exact) mass is 457 g/mol. The third kappa shape index (κ3) is 2.59. The molecule has 0 radical (unpaired) electrons. The number of imide groups is 1. The number of hydrogen-bond donors (Lipinski definition) is 2. The first-order valence-electron chi connectivity index (χ1n) is 10.7. The number of benzene rings is 1. The molecule has 4 heterocycles. The Bertz CT molecular complexity index is 1240. The van der Waals surface area contributed by atoms with Gasteiger partial charge in [0, 0.05) is 36.7 Å². The number of carbonyl (C=O) groups excluding carboxylic acids is 2.